The van der Waals surface area contributed by atoms with E-state index in [-0.39, 0.29) is 0 Å². The molecular weight excluding hydrogens is 1270 g/mol. The summed E-state index contributed by atoms with van der Waals surface area (Å²) in [6, 6.07) is 0. The molecule has 2 aliphatic rings. The molecular formula is C21H43I8-3. The second-order valence-electron chi connectivity index (χ2n) is 8.45. The first-order chi connectivity index (χ1) is 13.6. The SMILES string of the molecule is C=I(I)(C[I-]1(C)CC(CCC)I1I)[I-]1(C)C(I)C[I-]C1CCCCCCCCC. The molecule has 0 amide bonds. The Morgan fingerprint density at radius 3 is 2.24 bits per heavy atom. The second-order valence-corrected chi connectivity index (χ2v) is 123. The quantitative estimate of drug-likeness (QED) is 0.144. The van der Waals surface area contributed by atoms with E-state index in [1.165, 1.54) is 50.8 Å². The van der Waals surface area contributed by atoms with E-state index in [9.17, 15) is 0 Å². The molecule has 0 spiro atoms. The fourth-order valence-electron chi connectivity index (χ4n) is 4.02. The number of hydrogen-bond acceptors (Lipinski definition) is 0. The molecule has 0 N–H and O–H groups in total. The van der Waals surface area contributed by atoms with Crippen molar-refractivity contribution in [2.75, 3.05) is 21.2 Å². The van der Waals surface area contributed by atoms with Crippen LogP contribution in [0.3, 0.4) is 0 Å². The van der Waals surface area contributed by atoms with Gasteiger partial charge in [0.1, 0.15) is 0 Å². The van der Waals surface area contributed by atoms with Gasteiger partial charge >= 0.3 is 243 Å². The number of unbranched alkanes of at least 4 members (excludes halogenated alkanes) is 6. The Morgan fingerprint density at radius 1 is 1.03 bits per heavy atom. The van der Waals surface area contributed by atoms with Gasteiger partial charge in [-0.25, -0.2) is 0 Å². The minimum atomic E-state index is -1.79. The van der Waals surface area contributed by atoms with Crippen LogP contribution in [0.15, 0.2) is 0 Å². The summed E-state index contributed by atoms with van der Waals surface area (Å²) in [5.41, 5.74) is 0. The monoisotopic (exact) mass is 1310 g/mol. The van der Waals surface area contributed by atoms with Gasteiger partial charge in [-0.05, 0) is 0 Å². The maximum atomic E-state index is 5.30. The van der Waals surface area contributed by atoms with Crippen LogP contribution in [0.1, 0.15) is 78.1 Å². The van der Waals surface area contributed by atoms with E-state index in [2.05, 4.69) is 83.5 Å². The summed E-state index contributed by atoms with van der Waals surface area (Å²) in [5.74, 6) is 0. The van der Waals surface area contributed by atoms with Crippen molar-refractivity contribution in [3.8, 4) is 0 Å². The van der Waals surface area contributed by atoms with E-state index in [4.69, 9.17) is 4.51 Å². The van der Waals surface area contributed by atoms with Crippen LogP contribution in [-0.2, 0) is 0 Å². The number of rotatable bonds is 13. The normalized spacial score (nSPS) is 43.8. The summed E-state index contributed by atoms with van der Waals surface area (Å²) in [4.78, 5) is 5.86. The molecule has 8 heteroatoms. The Hall–Kier alpha value is 5.71. The van der Waals surface area contributed by atoms with Crippen molar-refractivity contribution in [1.82, 2.24) is 0 Å². The molecule has 0 radical (unpaired) electrons. The molecule has 2 heterocycles. The van der Waals surface area contributed by atoms with Gasteiger partial charge in [0.05, 0.1) is 0 Å². The molecule has 186 valence electrons. The van der Waals surface area contributed by atoms with E-state index in [1.54, 1.807) is 28.1 Å². The van der Waals surface area contributed by atoms with Gasteiger partial charge in [0.15, 0.2) is 0 Å². The van der Waals surface area contributed by atoms with Crippen molar-refractivity contribution in [2.45, 2.75) is 85.8 Å². The third-order valence-electron chi connectivity index (χ3n) is 5.89. The molecule has 0 saturated carbocycles. The first kappa shape index (κ1) is 30.9. The van der Waals surface area contributed by atoms with Crippen LogP contribution in [0.4, 0.5) is 0 Å². The van der Waals surface area contributed by atoms with Crippen LogP contribution >= 0.6 is 81.7 Å². The Morgan fingerprint density at radius 2 is 1.66 bits per heavy atom. The molecule has 0 bridgehead atoms. The Bertz CT molecular complexity index is 555. The standard InChI is InChI=1S/C21H43I8/c1-6-8-9-10-11-12-13-15-21-25-16-20(22)29(21,5)28(4,24)18-27(3)17-19(14-7-2)26(27)23/h19-21H,4,6-18H2,1-3,5H3/q-3. The molecule has 0 aromatic heterocycles. The van der Waals surface area contributed by atoms with Crippen LogP contribution in [0.5, 0.6) is 0 Å². The fraction of sp³-hybridized carbons (Fsp3) is 0.952. The van der Waals surface area contributed by atoms with Gasteiger partial charge in [0.25, 0.3) is 0 Å². The van der Waals surface area contributed by atoms with E-state index in [1.807, 2.05) is 2.43 Å². The van der Waals surface area contributed by atoms with Crippen molar-refractivity contribution in [2.24, 2.45) is 0 Å². The topological polar surface area (TPSA) is 0 Å². The average molecular weight is 1310 g/mol. The molecule has 0 aliphatic carbocycles. The molecule has 2 rings (SSSR count). The number of hydrogen-bond donors (Lipinski definition) is 0. The van der Waals surface area contributed by atoms with E-state index < -0.39 is 50.8 Å². The molecule has 6 atom stereocenters. The van der Waals surface area contributed by atoms with Crippen molar-refractivity contribution in [3.63, 3.8) is 0 Å². The average Bonchev–Trinajstić information content (AvgIpc) is 2.96. The molecule has 29 heavy (non-hydrogen) atoms. The number of alkyl halides is 11. The van der Waals surface area contributed by atoms with Gasteiger partial charge < -0.3 is 0 Å². The summed E-state index contributed by atoms with van der Waals surface area (Å²) < 4.78 is 14.2. The van der Waals surface area contributed by atoms with Gasteiger partial charge in [-0.1, -0.05) is 0 Å². The zero-order valence-electron chi connectivity index (χ0n) is 18.7. The van der Waals surface area contributed by atoms with Crippen LogP contribution < -0.4 is 50.1 Å². The predicted octanol–water partition coefficient (Wildman–Crippen LogP) is 0.548. The first-order valence-electron chi connectivity index (χ1n) is 10.8. The summed E-state index contributed by atoms with van der Waals surface area (Å²) >= 11 is 6.10. The minimum absolute atomic E-state index is 0.496. The van der Waals surface area contributed by atoms with Crippen molar-refractivity contribution >= 4 is 86.2 Å². The van der Waals surface area contributed by atoms with Crippen molar-refractivity contribution in [1.29, 1.82) is 0 Å². The van der Waals surface area contributed by atoms with Crippen LogP contribution in [-0.4, -0.2) is 33.5 Å². The molecule has 0 aromatic rings. The first-order valence-corrected chi connectivity index (χ1v) is 54.1. The molecule has 0 nitrogen and oxygen atoms in total. The van der Waals surface area contributed by atoms with Crippen molar-refractivity contribution < 1.29 is 50.1 Å². The van der Waals surface area contributed by atoms with Crippen LogP contribution in [0.2, 0.25) is 0 Å². The van der Waals surface area contributed by atoms with Gasteiger partial charge in [-0.15, -0.1) is 0 Å². The van der Waals surface area contributed by atoms with E-state index in [0.717, 1.165) is 1.93 Å². The third kappa shape index (κ3) is 8.09. The second kappa shape index (κ2) is 14.6. The zero-order valence-corrected chi connectivity index (χ0v) is 35.9. The Labute approximate surface area is 237 Å². The molecule has 2 fully saturated rings. The van der Waals surface area contributed by atoms with Gasteiger partial charge in [0, 0.05) is 0 Å². The molecule has 6 unspecified atom stereocenters. The Kier molecular flexibility index (Phi) is 15.6. The maximum absolute atomic E-state index is 5.30. The van der Waals surface area contributed by atoms with E-state index in [0.29, 0.717) is 21.2 Å². The van der Waals surface area contributed by atoms with Gasteiger partial charge in [-0.3, -0.25) is 0 Å². The third-order valence-corrected chi connectivity index (χ3v) is 220. The summed E-state index contributed by atoms with van der Waals surface area (Å²) in [6.45, 7) is 4.75. The fourth-order valence-corrected chi connectivity index (χ4v) is 350. The van der Waals surface area contributed by atoms with Crippen LogP contribution in [0, 0.1) is 0 Å². The van der Waals surface area contributed by atoms with Crippen LogP contribution in [0.25, 0.3) is 0 Å². The van der Waals surface area contributed by atoms with Gasteiger partial charge in [-0.2, -0.15) is 0 Å². The van der Waals surface area contributed by atoms with Crippen molar-refractivity contribution in [3.05, 3.63) is 0 Å². The number of halogens is 8. The molecule has 2 aliphatic heterocycles. The molecule has 2 saturated heterocycles. The summed E-state index contributed by atoms with van der Waals surface area (Å²) in [6.07, 6.45) is 15.1. The van der Waals surface area contributed by atoms with E-state index >= 15 is 0 Å². The molecule has 0 aromatic carbocycles. The summed E-state index contributed by atoms with van der Waals surface area (Å²) in [7, 11) is -1.79. The Balaban J connectivity index is 1.94. The predicted molar refractivity (Wildman–Crippen MR) is 173 cm³/mol. The summed E-state index contributed by atoms with van der Waals surface area (Å²) in [5, 5.41) is 0. The zero-order chi connectivity index (χ0) is 21.7. The van der Waals surface area contributed by atoms with Gasteiger partial charge in [0.2, 0.25) is 0 Å².